The zero-order chi connectivity index (χ0) is 9.84. The van der Waals surface area contributed by atoms with Crippen LogP contribution in [0.15, 0.2) is 18.2 Å². The summed E-state index contributed by atoms with van der Waals surface area (Å²) in [6.07, 6.45) is 0. The maximum Gasteiger partial charge on any atom is 0.138 e. The third-order valence-electron chi connectivity index (χ3n) is 1.65. The van der Waals surface area contributed by atoms with Crippen molar-refractivity contribution in [1.29, 1.82) is 0 Å². The zero-order valence-corrected chi connectivity index (χ0v) is 9.18. The normalized spacial score (nSPS) is 9.54. The van der Waals surface area contributed by atoms with Gasteiger partial charge in [0.05, 0.1) is 0 Å². The molecule has 67 valence electrons. The van der Waals surface area contributed by atoms with Gasteiger partial charge in [-0.3, -0.25) is 0 Å². The van der Waals surface area contributed by atoms with E-state index in [0.29, 0.717) is 5.75 Å². The van der Waals surface area contributed by atoms with Crippen molar-refractivity contribution >= 4 is 8.80 Å². The second-order valence-electron chi connectivity index (χ2n) is 3.25. The van der Waals surface area contributed by atoms with E-state index >= 15 is 0 Å². The molecule has 0 aliphatic rings. The lowest BCUT2D eigenvalue weighted by Gasteiger charge is -1.97. The second-order valence-corrected chi connectivity index (χ2v) is 5.50. The molecule has 1 aromatic carbocycles. The summed E-state index contributed by atoms with van der Waals surface area (Å²) in [6, 6.07) is 5.45. The lowest BCUT2D eigenvalue weighted by molar-refractivity contribution is 0.471. The highest BCUT2D eigenvalue weighted by molar-refractivity contribution is 6.64. The predicted molar refractivity (Wildman–Crippen MR) is 57.2 cm³/mol. The van der Waals surface area contributed by atoms with Crippen molar-refractivity contribution in [2.75, 3.05) is 0 Å². The van der Waals surface area contributed by atoms with Gasteiger partial charge in [0, 0.05) is 5.56 Å². The van der Waals surface area contributed by atoms with Crippen LogP contribution in [-0.4, -0.2) is 13.9 Å². The van der Waals surface area contributed by atoms with Crippen LogP contribution in [0.2, 0.25) is 13.1 Å². The molecule has 0 fully saturated rings. The van der Waals surface area contributed by atoms with E-state index in [9.17, 15) is 5.11 Å². The van der Waals surface area contributed by atoms with Crippen molar-refractivity contribution in [2.24, 2.45) is 0 Å². The summed E-state index contributed by atoms with van der Waals surface area (Å²) in [4.78, 5) is 0. The van der Waals surface area contributed by atoms with Crippen molar-refractivity contribution in [3.63, 3.8) is 0 Å². The molecular weight excluding hydrogens is 176 g/mol. The summed E-state index contributed by atoms with van der Waals surface area (Å²) >= 11 is 0. The van der Waals surface area contributed by atoms with Crippen LogP contribution in [0.25, 0.3) is 0 Å². The first kappa shape index (κ1) is 9.88. The summed E-state index contributed by atoms with van der Waals surface area (Å²) in [5, 5.41) is 9.28. The molecule has 0 aromatic heterocycles. The smallest absolute Gasteiger partial charge is 0.138 e. The molecular formula is C11H13OSi. The lowest BCUT2D eigenvalue weighted by Crippen LogP contribution is -1.93. The molecule has 0 aliphatic carbocycles. The average Bonchev–Trinajstić information content (AvgIpc) is 2.07. The molecule has 0 heterocycles. The van der Waals surface area contributed by atoms with Gasteiger partial charge in [-0.1, -0.05) is 19.0 Å². The van der Waals surface area contributed by atoms with Gasteiger partial charge in [-0.15, -0.1) is 5.54 Å². The van der Waals surface area contributed by atoms with Crippen LogP contribution in [0, 0.1) is 18.4 Å². The Morgan fingerprint density at radius 2 is 2.00 bits per heavy atom. The first-order valence-corrected chi connectivity index (χ1v) is 6.71. The molecule has 0 aliphatic heterocycles. The quantitative estimate of drug-likeness (QED) is 0.490. The molecule has 2 heteroatoms. The van der Waals surface area contributed by atoms with Crippen molar-refractivity contribution in [1.82, 2.24) is 0 Å². The maximum atomic E-state index is 9.28. The number of hydrogen-bond acceptors (Lipinski definition) is 1. The summed E-state index contributed by atoms with van der Waals surface area (Å²) in [5.74, 6) is 3.43. The van der Waals surface area contributed by atoms with Gasteiger partial charge in [0.1, 0.15) is 14.5 Å². The highest BCUT2D eigenvalue weighted by Crippen LogP contribution is 2.15. The minimum atomic E-state index is -0.478. The minimum Gasteiger partial charge on any atom is -0.508 e. The fraction of sp³-hybridized carbons (Fsp3) is 0.273. The molecule has 1 rings (SSSR count). The number of aromatic hydroxyl groups is 1. The maximum absolute atomic E-state index is 9.28. The van der Waals surface area contributed by atoms with Gasteiger partial charge in [-0.25, -0.2) is 0 Å². The van der Waals surface area contributed by atoms with Crippen LogP contribution in [0.3, 0.4) is 0 Å². The molecule has 1 aromatic rings. The Morgan fingerprint density at radius 1 is 1.31 bits per heavy atom. The minimum absolute atomic E-state index is 0.337. The first-order valence-electron chi connectivity index (χ1n) is 4.21. The summed E-state index contributed by atoms with van der Waals surface area (Å²) in [6.45, 7) is 6.19. The Kier molecular flexibility index (Phi) is 3.16. The number of phenolic OH excluding ortho intramolecular Hbond substituents is 1. The third kappa shape index (κ3) is 2.96. The molecule has 0 amide bonds. The van der Waals surface area contributed by atoms with Crippen molar-refractivity contribution in [3.8, 4) is 17.2 Å². The average molecular weight is 189 g/mol. The Labute approximate surface area is 81.0 Å². The third-order valence-corrected chi connectivity index (χ3v) is 2.28. The molecule has 0 atom stereocenters. The molecule has 1 nitrogen and oxygen atoms in total. The SMILES string of the molecule is Cc1cc(C#C[Si](C)C)ccc1O. The second kappa shape index (κ2) is 4.15. The Morgan fingerprint density at radius 3 is 2.54 bits per heavy atom. The van der Waals surface area contributed by atoms with E-state index in [0.717, 1.165) is 11.1 Å². The van der Waals surface area contributed by atoms with Crippen LogP contribution in [-0.2, 0) is 0 Å². The van der Waals surface area contributed by atoms with Crippen LogP contribution in [0.4, 0.5) is 0 Å². The molecule has 0 saturated heterocycles. The predicted octanol–water partition coefficient (Wildman–Crippen LogP) is 2.35. The van der Waals surface area contributed by atoms with E-state index in [1.54, 1.807) is 6.07 Å². The molecule has 13 heavy (non-hydrogen) atoms. The van der Waals surface area contributed by atoms with Gasteiger partial charge in [-0.05, 0) is 30.7 Å². The molecule has 0 bridgehead atoms. The number of benzene rings is 1. The van der Waals surface area contributed by atoms with Crippen LogP contribution in [0.5, 0.6) is 5.75 Å². The highest BCUT2D eigenvalue weighted by Gasteiger charge is 1.95. The van der Waals surface area contributed by atoms with Crippen molar-refractivity contribution in [2.45, 2.75) is 20.0 Å². The molecule has 1 radical (unpaired) electrons. The van der Waals surface area contributed by atoms with Crippen LogP contribution < -0.4 is 0 Å². The monoisotopic (exact) mass is 189 g/mol. The van der Waals surface area contributed by atoms with Gasteiger partial charge in [0.25, 0.3) is 0 Å². The number of phenols is 1. The Hall–Kier alpha value is -1.20. The first-order chi connectivity index (χ1) is 6.09. The topological polar surface area (TPSA) is 20.2 Å². The Balaban J connectivity index is 2.94. The lowest BCUT2D eigenvalue weighted by atomic mass is 10.1. The molecule has 0 spiro atoms. The fourth-order valence-corrected chi connectivity index (χ4v) is 1.32. The van der Waals surface area contributed by atoms with E-state index in [1.165, 1.54) is 0 Å². The summed E-state index contributed by atoms with van der Waals surface area (Å²) in [5.41, 5.74) is 5.05. The van der Waals surface area contributed by atoms with E-state index in [-0.39, 0.29) is 0 Å². The summed E-state index contributed by atoms with van der Waals surface area (Å²) < 4.78 is 0. The van der Waals surface area contributed by atoms with E-state index in [4.69, 9.17) is 0 Å². The number of rotatable bonds is 0. The summed E-state index contributed by atoms with van der Waals surface area (Å²) in [7, 11) is -0.478. The van der Waals surface area contributed by atoms with Gasteiger partial charge in [-0.2, -0.15) is 0 Å². The van der Waals surface area contributed by atoms with Crippen molar-refractivity contribution in [3.05, 3.63) is 29.3 Å². The number of hydrogen-bond donors (Lipinski definition) is 1. The molecule has 0 saturated carbocycles. The van der Waals surface area contributed by atoms with Gasteiger partial charge < -0.3 is 5.11 Å². The molecule has 1 N–H and O–H groups in total. The fourth-order valence-electron chi connectivity index (χ4n) is 0.930. The van der Waals surface area contributed by atoms with E-state index < -0.39 is 8.80 Å². The van der Waals surface area contributed by atoms with E-state index in [2.05, 4.69) is 24.6 Å². The van der Waals surface area contributed by atoms with Gasteiger partial charge in [0.15, 0.2) is 0 Å². The molecule has 0 unspecified atom stereocenters. The van der Waals surface area contributed by atoms with Gasteiger partial charge >= 0.3 is 0 Å². The van der Waals surface area contributed by atoms with Crippen LogP contribution >= 0.6 is 0 Å². The number of aryl methyl sites for hydroxylation is 1. The van der Waals surface area contributed by atoms with Crippen LogP contribution in [0.1, 0.15) is 11.1 Å². The standard InChI is InChI=1S/C11H13OSi/c1-9-8-10(4-5-11(9)12)6-7-13(2)3/h4-5,8,12H,1-3H3. The largest absolute Gasteiger partial charge is 0.508 e. The van der Waals surface area contributed by atoms with Gasteiger partial charge in [0.2, 0.25) is 0 Å². The Bertz CT molecular complexity index is 358. The highest BCUT2D eigenvalue weighted by atomic mass is 28.3. The van der Waals surface area contributed by atoms with Crippen molar-refractivity contribution < 1.29 is 5.11 Å². The van der Waals surface area contributed by atoms with E-state index in [1.807, 2.05) is 19.1 Å². The zero-order valence-electron chi connectivity index (χ0n) is 8.18.